The summed E-state index contributed by atoms with van der Waals surface area (Å²) in [7, 11) is 1.92. The molecule has 1 heterocycles. The van der Waals surface area contributed by atoms with E-state index < -0.39 is 0 Å². The largest absolute Gasteiger partial charge is 0.454 e. The summed E-state index contributed by atoms with van der Waals surface area (Å²) in [4.78, 5) is 0. The van der Waals surface area contributed by atoms with Crippen molar-refractivity contribution in [1.29, 1.82) is 0 Å². The highest BCUT2D eigenvalue weighted by atomic mass is 79.9. The Labute approximate surface area is 109 Å². The minimum absolute atomic E-state index is 0.749. The predicted octanol–water partition coefficient (Wildman–Crippen LogP) is 2.66. The molecule has 0 fully saturated rings. The number of rotatable bonds is 5. The van der Waals surface area contributed by atoms with Crippen molar-refractivity contribution < 1.29 is 4.74 Å². The summed E-state index contributed by atoms with van der Waals surface area (Å²) in [5.41, 5.74) is 0. The van der Waals surface area contributed by atoms with E-state index in [1.807, 2.05) is 42.2 Å². The summed E-state index contributed by atoms with van der Waals surface area (Å²) in [5.74, 6) is 1.55. The van der Waals surface area contributed by atoms with Crippen molar-refractivity contribution in [1.82, 2.24) is 15.1 Å². The van der Waals surface area contributed by atoms with Crippen molar-refractivity contribution in [3.05, 3.63) is 41.1 Å². The van der Waals surface area contributed by atoms with Crippen LogP contribution in [0.1, 0.15) is 0 Å². The second kappa shape index (κ2) is 5.84. The Balaban J connectivity index is 2.01. The number of aromatic nitrogens is 2. The number of hydrogen-bond acceptors (Lipinski definition) is 3. The van der Waals surface area contributed by atoms with Gasteiger partial charge in [0.1, 0.15) is 5.75 Å². The number of likely N-dealkylation sites (N-methyl/N-ethyl adjacent to an activating group) is 1. The van der Waals surface area contributed by atoms with Crippen LogP contribution in [0.2, 0.25) is 0 Å². The molecule has 1 aromatic heterocycles. The molecule has 0 atom stereocenters. The highest BCUT2D eigenvalue weighted by Crippen LogP contribution is 2.23. The van der Waals surface area contributed by atoms with Crippen molar-refractivity contribution in [3.8, 4) is 11.5 Å². The van der Waals surface area contributed by atoms with Gasteiger partial charge in [-0.25, -0.2) is 0 Å². The van der Waals surface area contributed by atoms with Crippen molar-refractivity contribution in [2.75, 3.05) is 13.6 Å². The van der Waals surface area contributed by atoms with E-state index in [9.17, 15) is 0 Å². The average Bonchev–Trinajstić information content (AvgIpc) is 2.74. The number of nitrogens with zero attached hydrogens (tertiary/aromatic N) is 2. The number of halogens is 1. The molecule has 0 aliphatic carbocycles. The second-order valence-electron chi connectivity index (χ2n) is 3.60. The zero-order chi connectivity index (χ0) is 12.1. The molecule has 0 spiro atoms. The first kappa shape index (κ1) is 12.1. The third-order valence-corrected chi connectivity index (χ3v) is 2.73. The molecular formula is C12H14BrN3O. The smallest absolute Gasteiger partial charge is 0.165 e. The molecule has 2 aromatic rings. The van der Waals surface area contributed by atoms with Gasteiger partial charge in [0.05, 0.1) is 18.9 Å². The Morgan fingerprint density at radius 1 is 1.41 bits per heavy atom. The molecule has 0 radical (unpaired) electrons. The highest BCUT2D eigenvalue weighted by molar-refractivity contribution is 9.10. The minimum atomic E-state index is 0.749. The second-order valence-corrected chi connectivity index (χ2v) is 4.52. The van der Waals surface area contributed by atoms with E-state index in [0.717, 1.165) is 29.1 Å². The molecule has 0 unspecified atom stereocenters. The summed E-state index contributed by atoms with van der Waals surface area (Å²) >= 11 is 3.41. The maximum atomic E-state index is 5.69. The number of ether oxygens (including phenoxy) is 1. The lowest BCUT2D eigenvalue weighted by Gasteiger charge is -2.02. The summed E-state index contributed by atoms with van der Waals surface area (Å²) in [6.07, 6.45) is 3.61. The van der Waals surface area contributed by atoms with E-state index in [2.05, 4.69) is 26.3 Å². The molecule has 0 aliphatic heterocycles. The molecule has 0 aliphatic rings. The topological polar surface area (TPSA) is 39.1 Å². The van der Waals surface area contributed by atoms with Gasteiger partial charge < -0.3 is 10.1 Å². The van der Waals surface area contributed by atoms with Crippen LogP contribution in [0.3, 0.4) is 0 Å². The zero-order valence-electron chi connectivity index (χ0n) is 9.56. The molecule has 1 aromatic carbocycles. The van der Waals surface area contributed by atoms with Crippen molar-refractivity contribution >= 4 is 15.9 Å². The van der Waals surface area contributed by atoms with Gasteiger partial charge in [-0.05, 0) is 25.2 Å². The van der Waals surface area contributed by atoms with Gasteiger partial charge >= 0.3 is 0 Å². The molecule has 5 heteroatoms. The van der Waals surface area contributed by atoms with E-state index in [1.165, 1.54) is 0 Å². The molecule has 1 N–H and O–H groups in total. The van der Waals surface area contributed by atoms with Gasteiger partial charge in [-0.15, -0.1) is 0 Å². The standard InChI is InChI=1S/C12H14BrN3O/c1-14-5-6-16-9-12(8-15-16)17-11-4-2-3-10(13)7-11/h2-4,7-9,14H,5-6H2,1H3. The lowest BCUT2D eigenvalue weighted by Crippen LogP contribution is -2.14. The van der Waals surface area contributed by atoms with Gasteiger partial charge in [0, 0.05) is 11.0 Å². The fraction of sp³-hybridized carbons (Fsp3) is 0.250. The Hall–Kier alpha value is -1.33. The van der Waals surface area contributed by atoms with Gasteiger partial charge in [-0.3, -0.25) is 4.68 Å². The molecule has 17 heavy (non-hydrogen) atoms. The van der Waals surface area contributed by atoms with Gasteiger partial charge in [-0.1, -0.05) is 22.0 Å². The van der Waals surface area contributed by atoms with E-state index in [4.69, 9.17) is 4.74 Å². The van der Waals surface area contributed by atoms with Crippen LogP contribution >= 0.6 is 15.9 Å². The van der Waals surface area contributed by atoms with E-state index in [-0.39, 0.29) is 0 Å². The fourth-order valence-electron chi connectivity index (χ4n) is 1.41. The molecule has 0 bridgehead atoms. The molecule has 2 rings (SSSR count). The molecule has 0 saturated carbocycles. The van der Waals surface area contributed by atoms with Crippen LogP contribution in [0.5, 0.6) is 11.5 Å². The fourth-order valence-corrected chi connectivity index (χ4v) is 1.79. The first-order valence-corrected chi connectivity index (χ1v) is 6.18. The van der Waals surface area contributed by atoms with Crippen LogP contribution in [-0.2, 0) is 6.54 Å². The average molecular weight is 296 g/mol. The quantitative estimate of drug-likeness (QED) is 0.922. The highest BCUT2D eigenvalue weighted by Gasteiger charge is 2.01. The lowest BCUT2D eigenvalue weighted by atomic mass is 10.3. The Kier molecular flexibility index (Phi) is 4.17. The zero-order valence-corrected chi connectivity index (χ0v) is 11.1. The van der Waals surface area contributed by atoms with Crippen molar-refractivity contribution in [3.63, 3.8) is 0 Å². The van der Waals surface area contributed by atoms with Crippen LogP contribution in [0.15, 0.2) is 41.1 Å². The van der Waals surface area contributed by atoms with Crippen LogP contribution in [0.4, 0.5) is 0 Å². The van der Waals surface area contributed by atoms with Crippen LogP contribution < -0.4 is 10.1 Å². The minimum Gasteiger partial charge on any atom is -0.454 e. The van der Waals surface area contributed by atoms with Crippen molar-refractivity contribution in [2.45, 2.75) is 6.54 Å². The summed E-state index contributed by atoms with van der Waals surface area (Å²) in [6, 6.07) is 7.73. The third kappa shape index (κ3) is 3.57. The normalized spacial score (nSPS) is 10.5. The first-order valence-electron chi connectivity index (χ1n) is 5.38. The Morgan fingerprint density at radius 2 is 2.29 bits per heavy atom. The van der Waals surface area contributed by atoms with E-state index in [0.29, 0.717) is 0 Å². The van der Waals surface area contributed by atoms with Crippen LogP contribution in [0.25, 0.3) is 0 Å². The number of benzene rings is 1. The summed E-state index contributed by atoms with van der Waals surface area (Å²) < 4.78 is 8.53. The van der Waals surface area contributed by atoms with Gasteiger partial charge in [0.2, 0.25) is 0 Å². The number of hydrogen-bond donors (Lipinski definition) is 1. The molecule has 4 nitrogen and oxygen atoms in total. The molecular weight excluding hydrogens is 282 g/mol. The maximum absolute atomic E-state index is 5.69. The van der Waals surface area contributed by atoms with Gasteiger partial charge in [-0.2, -0.15) is 5.10 Å². The van der Waals surface area contributed by atoms with Crippen LogP contribution in [0, 0.1) is 0 Å². The monoisotopic (exact) mass is 295 g/mol. The van der Waals surface area contributed by atoms with E-state index >= 15 is 0 Å². The predicted molar refractivity (Wildman–Crippen MR) is 70.4 cm³/mol. The number of nitrogens with one attached hydrogen (secondary N) is 1. The van der Waals surface area contributed by atoms with E-state index in [1.54, 1.807) is 6.20 Å². The maximum Gasteiger partial charge on any atom is 0.165 e. The first-order chi connectivity index (χ1) is 8.28. The van der Waals surface area contributed by atoms with Gasteiger partial charge in [0.15, 0.2) is 5.75 Å². The summed E-state index contributed by atoms with van der Waals surface area (Å²) in [5, 5.41) is 7.29. The summed E-state index contributed by atoms with van der Waals surface area (Å²) in [6.45, 7) is 1.72. The van der Waals surface area contributed by atoms with Gasteiger partial charge in [0.25, 0.3) is 0 Å². The molecule has 0 saturated heterocycles. The SMILES string of the molecule is CNCCn1cc(Oc2cccc(Br)c2)cn1. The Bertz CT molecular complexity index is 484. The molecule has 90 valence electrons. The lowest BCUT2D eigenvalue weighted by molar-refractivity contribution is 0.480. The Morgan fingerprint density at radius 3 is 3.06 bits per heavy atom. The third-order valence-electron chi connectivity index (χ3n) is 2.23. The van der Waals surface area contributed by atoms with Crippen molar-refractivity contribution in [2.24, 2.45) is 0 Å². The van der Waals surface area contributed by atoms with Crippen LogP contribution in [-0.4, -0.2) is 23.4 Å². The molecule has 0 amide bonds.